The molecular formula is C20H21ClN2OS. The third-order valence-electron chi connectivity index (χ3n) is 4.26. The van der Waals surface area contributed by atoms with Gasteiger partial charge in [0.25, 0.3) is 0 Å². The van der Waals surface area contributed by atoms with E-state index in [1.165, 1.54) is 16.8 Å². The molecule has 0 unspecified atom stereocenters. The van der Waals surface area contributed by atoms with Crippen LogP contribution >= 0.6 is 23.7 Å². The fourth-order valence-corrected chi connectivity index (χ4v) is 3.59. The highest BCUT2D eigenvalue weighted by atomic mass is 35.5. The second kappa shape index (κ2) is 8.39. The average Bonchev–Trinajstić information content (AvgIpc) is 3.18. The number of thiophene rings is 1. The van der Waals surface area contributed by atoms with Crippen molar-refractivity contribution in [3.05, 3.63) is 65.4 Å². The first-order chi connectivity index (χ1) is 11.9. The number of halogens is 1. The zero-order valence-corrected chi connectivity index (χ0v) is 15.5. The Morgan fingerprint density at radius 3 is 2.04 bits per heavy atom. The summed E-state index contributed by atoms with van der Waals surface area (Å²) < 4.78 is 5.96. The van der Waals surface area contributed by atoms with E-state index in [2.05, 4.69) is 51.3 Å². The number of nitrogens with zero attached hydrogens (tertiary/aromatic N) is 1. The van der Waals surface area contributed by atoms with Crippen LogP contribution in [0.15, 0.2) is 65.4 Å². The number of hydrogen-bond acceptors (Lipinski definition) is 4. The van der Waals surface area contributed by atoms with Gasteiger partial charge in [-0.3, -0.25) is 0 Å². The Kier molecular flexibility index (Phi) is 5.97. The number of anilines is 1. The number of rotatable bonds is 4. The van der Waals surface area contributed by atoms with Crippen LogP contribution in [0, 0.1) is 0 Å². The van der Waals surface area contributed by atoms with Crippen molar-refractivity contribution in [1.82, 2.24) is 5.32 Å². The third-order valence-corrected chi connectivity index (χ3v) is 4.95. The SMILES string of the molecule is Cl.c1cc(-c2ccc(Oc3ccc(N4CCNCC4)cc3)cc2)cs1. The lowest BCUT2D eigenvalue weighted by Crippen LogP contribution is -2.43. The van der Waals surface area contributed by atoms with Gasteiger partial charge in [0.15, 0.2) is 0 Å². The molecule has 25 heavy (non-hydrogen) atoms. The van der Waals surface area contributed by atoms with E-state index in [9.17, 15) is 0 Å². The van der Waals surface area contributed by atoms with Gasteiger partial charge in [0.1, 0.15) is 11.5 Å². The predicted molar refractivity (Wildman–Crippen MR) is 109 cm³/mol. The molecule has 1 fully saturated rings. The zero-order chi connectivity index (χ0) is 16.2. The Balaban J connectivity index is 0.00000182. The molecule has 3 nitrogen and oxygen atoms in total. The van der Waals surface area contributed by atoms with Crippen molar-refractivity contribution >= 4 is 29.4 Å². The van der Waals surface area contributed by atoms with Gasteiger partial charge in [-0.15, -0.1) is 12.4 Å². The molecule has 130 valence electrons. The Morgan fingerprint density at radius 1 is 0.800 bits per heavy atom. The lowest BCUT2D eigenvalue weighted by molar-refractivity contribution is 0.482. The minimum Gasteiger partial charge on any atom is -0.457 e. The Bertz CT molecular complexity index is 766. The smallest absolute Gasteiger partial charge is 0.127 e. The maximum atomic E-state index is 5.96. The van der Waals surface area contributed by atoms with Gasteiger partial charge in [-0.05, 0) is 64.4 Å². The van der Waals surface area contributed by atoms with Crippen molar-refractivity contribution in [2.24, 2.45) is 0 Å². The standard InChI is InChI=1S/C20H20N2OS.ClH/c1-5-19(6-2-16(1)17-9-14-24-15-17)23-20-7-3-18(4-8-20)22-12-10-21-11-13-22;/h1-9,14-15,21H,10-13H2;1H. The van der Waals surface area contributed by atoms with Crippen LogP contribution in [0.25, 0.3) is 11.1 Å². The van der Waals surface area contributed by atoms with E-state index in [1.807, 2.05) is 24.3 Å². The first-order valence-electron chi connectivity index (χ1n) is 8.25. The van der Waals surface area contributed by atoms with Gasteiger partial charge in [-0.25, -0.2) is 0 Å². The summed E-state index contributed by atoms with van der Waals surface area (Å²) in [5.41, 5.74) is 3.74. The van der Waals surface area contributed by atoms with Crippen LogP contribution in [-0.2, 0) is 0 Å². The average molecular weight is 373 g/mol. The maximum Gasteiger partial charge on any atom is 0.127 e. The lowest BCUT2D eigenvalue weighted by atomic mass is 10.1. The van der Waals surface area contributed by atoms with Crippen LogP contribution in [0.5, 0.6) is 11.5 Å². The summed E-state index contributed by atoms with van der Waals surface area (Å²) in [6.07, 6.45) is 0. The summed E-state index contributed by atoms with van der Waals surface area (Å²) in [5.74, 6) is 1.74. The topological polar surface area (TPSA) is 24.5 Å². The van der Waals surface area contributed by atoms with E-state index in [-0.39, 0.29) is 12.4 Å². The molecule has 0 atom stereocenters. The van der Waals surface area contributed by atoms with Crippen LogP contribution in [0.4, 0.5) is 5.69 Å². The van der Waals surface area contributed by atoms with Crippen LogP contribution in [0.2, 0.25) is 0 Å². The zero-order valence-electron chi connectivity index (χ0n) is 13.9. The highest BCUT2D eigenvalue weighted by Crippen LogP contribution is 2.28. The molecule has 1 aliphatic rings. The molecule has 1 aromatic heterocycles. The van der Waals surface area contributed by atoms with Crippen LogP contribution in [0.3, 0.4) is 0 Å². The summed E-state index contributed by atoms with van der Waals surface area (Å²) in [7, 11) is 0. The van der Waals surface area contributed by atoms with E-state index in [1.54, 1.807) is 11.3 Å². The molecule has 0 amide bonds. The second-order valence-electron chi connectivity index (χ2n) is 5.87. The fourth-order valence-electron chi connectivity index (χ4n) is 2.93. The molecule has 5 heteroatoms. The molecule has 2 aromatic carbocycles. The summed E-state index contributed by atoms with van der Waals surface area (Å²) in [5, 5.41) is 7.63. The summed E-state index contributed by atoms with van der Waals surface area (Å²) in [6.45, 7) is 4.22. The van der Waals surface area contributed by atoms with E-state index >= 15 is 0 Å². The first kappa shape index (κ1) is 17.8. The van der Waals surface area contributed by atoms with E-state index in [0.29, 0.717) is 0 Å². The van der Waals surface area contributed by atoms with Gasteiger partial charge in [0, 0.05) is 31.9 Å². The summed E-state index contributed by atoms with van der Waals surface area (Å²) >= 11 is 1.72. The molecule has 0 radical (unpaired) electrons. The van der Waals surface area contributed by atoms with Crippen molar-refractivity contribution in [2.75, 3.05) is 31.1 Å². The van der Waals surface area contributed by atoms with Gasteiger partial charge < -0.3 is 15.0 Å². The fraction of sp³-hybridized carbons (Fsp3) is 0.200. The molecule has 1 N–H and O–H groups in total. The van der Waals surface area contributed by atoms with Gasteiger partial charge in [-0.2, -0.15) is 11.3 Å². The minimum atomic E-state index is 0. The van der Waals surface area contributed by atoms with Crippen molar-refractivity contribution in [3.8, 4) is 22.6 Å². The lowest BCUT2D eigenvalue weighted by Gasteiger charge is -2.29. The normalized spacial score (nSPS) is 14.0. The second-order valence-corrected chi connectivity index (χ2v) is 6.65. The van der Waals surface area contributed by atoms with Crippen molar-refractivity contribution in [1.29, 1.82) is 0 Å². The molecule has 0 bridgehead atoms. The summed E-state index contributed by atoms with van der Waals surface area (Å²) in [4.78, 5) is 2.40. The minimum absolute atomic E-state index is 0. The van der Waals surface area contributed by atoms with Gasteiger partial charge >= 0.3 is 0 Å². The van der Waals surface area contributed by atoms with E-state index in [0.717, 1.165) is 37.7 Å². The highest BCUT2D eigenvalue weighted by Gasteiger charge is 2.10. The van der Waals surface area contributed by atoms with E-state index < -0.39 is 0 Å². The monoisotopic (exact) mass is 372 g/mol. The van der Waals surface area contributed by atoms with E-state index in [4.69, 9.17) is 4.74 Å². The molecule has 0 spiro atoms. The molecule has 3 aromatic rings. The number of ether oxygens (including phenoxy) is 1. The molecule has 4 rings (SSSR count). The molecule has 2 heterocycles. The van der Waals surface area contributed by atoms with Gasteiger partial charge in [0.2, 0.25) is 0 Å². The Labute approximate surface area is 158 Å². The van der Waals surface area contributed by atoms with Crippen molar-refractivity contribution in [3.63, 3.8) is 0 Å². The Hall–Kier alpha value is -2.01. The summed E-state index contributed by atoms with van der Waals surface area (Å²) in [6, 6.07) is 18.8. The van der Waals surface area contributed by atoms with Gasteiger partial charge in [-0.1, -0.05) is 12.1 Å². The van der Waals surface area contributed by atoms with Crippen molar-refractivity contribution < 1.29 is 4.74 Å². The quantitative estimate of drug-likeness (QED) is 0.694. The number of nitrogens with one attached hydrogen (secondary N) is 1. The molecule has 1 aliphatic heterocycles. The maximum absolute atomic E-state index is 5.96. The third kappa shape index (κ3) is 4.34. The molecular weight excluding hydrogens is 352 g/mol. The predicted octanol–water partition coefficient (Wildman–Crippen LogP) is 5.04. The van der Waals surface area contributed by atoms with Gasteiger partial charge in [0.05, 0.1) is 0 Å². The van der Waals surface area contributed by atoms with Crippen LogP contribution in [0.1, 0.15) is 0 Å². The first-order valence-corrected chi connectivity index (χ1v) is 9.19. The molecule has 0 saturated carbocycles. The van der Waals surface area contributed by atoms with Crippen LogP contribution in [-0.4, -0.2) is 26.2 Å². The number of piperazine rings is 1. The molecule has 1 saturated heterocycles. The number of benzene rings is 2. The van der Waals surface area contributed by atoms with Crippen LogP contribution < -0.4 is 15.0 Å². The largest absolute Gasteiger partial charge is 0.457 e. The van der Waals surface area contributed by atoms with Crippen molar-refractivity contribution in [2.45, 2.75) is 0 Å². The Morgan fingerprint density at radius 2 is 1.44 bits per heavy atom. The number of hydrogen-bond donors (Lipinski definition) is 1. The molecule has 0 aliphatic carbocycles. The highest BCUT2D eigenvalue weighted by molar-refractivity contribution is 7.08.